The molecule has 0 spiro atoms. The summed E-state index contributed by atoms with van der Waals surface area (Å²) in [4.78, 5) is 18.9. The Morgan fingerprint density at radius 2 is 2.32 bits per heavy atom. The fourth-order valence-electron chi connectivity index (χ4n) is 2.67. The number of piperidine rings is 1. The van der Waals surface area contributed by atoms with Crippen LogP contribution in [0.2, 0.25) is 0 Å². The lowest BCUT2D eigenvalue weighted by Gasteiger charge is -2.23. The van der Waals surface area contributed by atoms with Gasteiger partial charge in [0, 0.05) is 30.2 Å². The Labute approximate surface area is 117 Å². The van der Waals surface area contributed by atoms with Gasteiger partial charge in [0.25, 0.3) is 5.91 Å². The fourth-order valence-corrected chi connectivity index (χ4v) is 2.67. The number of aromatic amines is 1. The molecule has 1 atom stereocenters. The number of carbonyl (C=O) groups is 1. The molecule has 2 aromatic rings. The molecule has 0 radical (unpaired) electrons. The topological polar surface area (TPSA) is 83.8 Å². The Bertz CT molecular complexity index is 589. The van der Waals surface area contributed by atoms with Crippen LogP contribution in [-0.2, 0) is 0 Å². The molecule has 1 saturated heterocycles. The molecule has 102 valence electrons. The first-order valence-corrected chi connectivity index (χ1v) is 6.24. The molecular weight excluding hydrogens is 264 g/mol. The van der Waals surface area contributed by atoms with Gasteiger partial charge in [0.15, 0.2) is 0 Å². The van der Waals surface area contributed by atoms with E-state index in [0.29, 0.717) is 11.5 Å². The standard InChI is InChI=1S/C13H16N4O.ClH/c14-13(18)10-7-17-11(8-2-1-4-15-6-8)9-3-5-16-12(9)10;/h3,5,7-8,15-16H,1-2,4,6H2,(H2,14,18);1H/t8-;/m0./s1. The first-order valence-electron chi connectivity index (χ1n) is 6.24. The van der Waals surface area contributed by atoms with Crippen molar-refractivity contribution in [2.24, 2.45) is 5.73 Å². The maximum atomic E-state index is 11.4. The highest BCUT2D eigenvalue weighted by Crippen LogP contribution is 2.29. The monoisotopic (exact) mass is 280 g/mol. The van der Waals surface area contributed by atoms with E-state index in [1.807, 2.05) is 12.3 Å². The molecular formula is C13H17ClN4O. The summed E-state index contributed by atoms with van der Waals surface area (Å²) in [6.07, 6.45) is 5.72. The molecule has 0 unspecified atom stereocenters. The van der Waals surface area contributed by atoms with Gasteiger partial charge in [-0.1, -0.05) is 0 Å². The number of nitrogens with two attached hydrogens (primary N) is 1. The van der Waals surface area contributed by atoms with Gasteiger partial charge >= 0.3 is 0 Å². The molecule has 4 N–H and O–H groups in total. The maximum Gasteiger partial charge on any atom is 0.252 e. The minimum Gasteiger partial charge on any atom is -0.365 e. The van der Waals surface area contributed by atoms with E-state index in [1.165, 1.54) is 0 Å². The van der Waals surface area contributed by atoms with Crippen LogP contribution in [0.15, 0.2) is 18.5 Å². The Hall–Kier alpha value is -1.59. The minimum absolute atomic E-state index is 0. The molecule has 0 saturated carbocycles. The number of primary amides is 1. The number of nitrogens with zero attached hydrogens (tertiary/aromatic N) is 1. The molecule has 1 fully saturated rings. The Morgan fingerprint density at radius 3 is 3.00 bits per heavy atom. The van der Waals surface area contributed by atoms with Gasteiger partial charge in [-0.05, 0) is 25.5 Å². The van der Waals surface area contributed by atoms with E-state index in [4.69, 9.17) is 5.73 Å². The van der Waals surface area contributed by atoms with Gasteiger partial charge in [-0.2, -0.15) is 0 Å². The van der Waals surface area contributed by atoms with Gasteiger partial charge in [-0.25, -0.2) is 0 Å². The molecule has 0 aliphatic carbocycles. The van der Waals surface area contributed by atoms with Crippen molar-refractivity contribution < 1.29 is 4.79 Å². The molecule has 0 aromatic carbocycles. The number of nitrogens with one attached hydrogen (secondary N) is 2. The molecule has 3 heterocycles. The third-order valence-corrected chi connectivity index (χ3v) is 3.57. The summed E-state index contributed by atoms with van der Waals surface area (Å²) in [5.41, 5.74) is 7.68. The zero-order valence-electron chi connectivity index (χ0n) is 10.5. The average molecular weight is 281 g/mol. The predicted octanol–water partition coefficient (Wildman–Crippen LogP) is 1.55. The summed E-state index contributed by atoms with van der Waals surface area (Å²) in [5, 5.41) is 4.40. The summed E-state index contributed by atoms with van der Waals surface area (Å²) < 4.78 is 0. The van der Waals surface area contributed by atoms with Crippen molar-refractivity contribution >= 4 is 29.2 Å². The number of aromatic nitrogens is 2. The van der Waals surface area contributed by atoms with Crippen LogP contribution in [0, 0.1) is 0 Å². The van der Waals surface area contributed by atoms with Gasteiger partial charge in [-0.15, -0.1) is 12.4 Å². The third-order valence-electron chi connectivity index (χ3n) is 3.57. The number of H-pyrrole nitrogens is 1. The number of hydrogen-bond acceptors (Lipinski definition) is 3. The largest absolute Gasteiger partial charge is 0.365 e. The Morgan fingerprint density at radius 1 is 1.47 bits per heavy atom. The number of amides is 1. The maximum absolute atomic E-state index is 11.4. The van der Waals surface area contributed by atoms with Gasteiger partial charge in [0.1, 0.15) is 0 Å². The molecule has 6 heteroatoms. The van der Waals surface area contributed by atoms with Crippen molar-refractivity contribution in [3.8, 4) is 0 Å². The number of rotatable bonds is 2. The lowest BCUT2D eigenvalue weighted by molar-refractivity contribution is 0.100. The number of fused-ring (bicyclic) bond motifs is 1. The fraction of sp³-hybridized carbons (Fsp3) is 0.385. The summed E-state index contributed by atoms with van der Waals surface area (Å²) in [5.74, 6) is -0.0257. The van der Waals surface area contributed by atoms with E-state index in [1.54, 1.807) is 6.20 Å². The summed E-state index contributed by atoms with van der Waals surface area (Å²) in [6, 6.07) is 1.97. The quantitative estimate of drug-likeness (QED) is 0.780. The Kier molecular flexibility index (Phi) is 4.07. The van der Waals surface area contributed by atoms with E-state index >= 15 is 0 Å². The second-order valence-corrected chi connectivity index (χ2v) is 4.73. The highest BCUT2D eigenvalue weighted by atomic mass is 35.5. The molecule has 0 bridgehead atoms. The van der Waals surface area contributed by atoms with Crippen molar-refractivity contribution in [3.63, 3.8) is 0 Å². The van der Waals surface area contributed by atoms with Crippen molar-refractivity contribution in [3.05, 3.63) is 29.7 Å². The molecule has 1 aliphatic rings. The molecule has 1 aliphatic heterocycles. The van der Waals surface area contributed by atoms with Gasteiger partial charge in [0.05, 0.1) is 16.8 Å². The van der Waals surface area contributed by atoms with Gasteiger partial charge in [0.2, 0.25) is 0 Å². The molecule has 2 aromatic heterocycles. The number of halogens is 1. The molecule has 5 nitrogen and oxygen atoms in total. The van der Waals surface area contributed by atoms with Crippen LogP contribution in [0.1, 0.15) is 34.8 Å². The predicted molar refractivity (Wildman–Crippen MR) is 76.7 cm³/mol. The smallest absolute Gasteiger partial charge is 0.252 e. The van der Waals surface area contributed by atoms with Crippen LogP contribution in [-0.4, -0.2) is 29.0 Å². The molecule has 19 heavy (non-hydrogen) atoms. The normalized spacial score (nSPS) is 19.1. The minimum atomic E-state index is -0.441. The van der Waals surface area contributed by atoms with Crippen LogP contribution < -0.4 is 11.1 Å². The lowest BCUT2D eigenvalue weighted by Crippen LogP contribution is -2.29. The zero-order valence-corrected chi connectivity index (χ0v) is 11.3. The van der Waals surface area contributed by atoms with E-state index < -0.39 is 5.91 Å². The number of pyridine rings is 1. The Balaban J connectivity index is 0.00000133. The van der Waals surface area contributed by atoms with Crippen molar-refractivity contribution in [1.29, 1.82) is 0 Å². The van der Waals surface area contributed by atoms with Crippen LogP contribution in [0.4, 0.5) is 0 Å². The SMILES string of the molecule is Cl.NC(=O)c1cnc([C@H]2CCCNC2)c2cc[nH]c12. The molecule has 1 amide bonds. The first-order chi connectivity index (χ1) is 8.77. The van der Waals surface area contributed by atoms with E-state index in [-0.39, 0.29) is 12.4 Å². The second kappa shape index (κ2) is 5.59. The van der Waals surface area contributed by atoms with Gasteiger partial charge < -0.3 is 16.0 Å². The van der Waals surface area contributed by atoms with Crippen LogP contribution >= 0.6 is 12.4 Å². The number of hydrogen-bond donors (Lipinski definition) is 3. The summed E-state index contributed by atoms with van der Waals surface area (Å²) >= 11 is 0. The van der Waals surface area contributed by atoms with Crippen molar-refractivity contribution in [2.75, 3.05) is 13.1 Å². The van der Waals surface area contributed by atoms with E-state index in [9.17, 15) is 4.79 Å². The van der Waals surface area contributed by atoms with E-state index in [2.05, 4.69) is 15.3 Å². The highest BCUT2D eigenvalue weighted by molar-refractivity contribution is 6.05. The first kappa shape index (κ1) is 13.8. The van der Waals surface area contributed by atoms with Crippen LogP contribution in [0.5, 0.6) is 0 Å². The lowest BCUT2D eigenvalue weighted by atomic mass is 9.93. The average Bonchev–Trinajstić information content (AvgIpc) is 2.87. The van der Waals surface area contributed by atoms with Gasteiger partial charge in [-0.3, -0.25) is 9.78 Å². The number of carbonyl (C=O) groups excluding carboxylic acids is 1. The third kappa shape index (κ3) is 2.43. The zero-order chi connectivity index (χ0) is 12.5. The van der Waals surface area contributed by atoms with Crippen molar-refractivity contribution in [1.82, 2.24) is 15.3 Å². The summed E-state index contributed by atoms with van der Waals surface area (Å²) in [6.45, 7) is 2.02. The second-order valence-electron chi connectivity index (χ2n) is 4.73. The van der Waals surface area contributed by atoms with E-state index in [0.717, 1.165) is 42.5 Å². The van der Waals surface area contributed by atoms with Crippen LogP contribution in [0.25, 0.3) is 10.9 Å². The van der Waals surface area contributed by atoms with Crippen molar-refractivity contribution in [2.45, 2.75) is 18.8 Å². The van der Waals surface area contributed by atoms with Crippen LogP contribution in [0.3, 0.4) is 0 Å². The molecule has 3 rings (SSSR count). The highest BCUT2D eigenvalue weighted by Gasteiger charge is 2.21. The summed E-state index contributed by atoms with van der Waals surface area (Å²) in [7, 11) is 0.